The highest BCUT2D eigenvalue weighted by Crippen LogP contribution is 2.42. The summed E-state index contributed by atoms with van der Waals surface area (Å²) >= 11 is 0. The van der Waals surface area contributed by atoms with E-state index in [-0.39, 0.29) is 18.5 Å². The average molecular weight is 349 g/mol. The van der Waals surface area contributed by atoms with Crippen LogP contribution in [-0.2, 0) is 14.4 Å². The molecule has 2 N–H and O–H groups in total. The van der Waals surface area contributed by atoms with Crippen LogP contribution in [0.2, 0.25) is 0 Å². The van der Waals surface area contributed by atoms with Gasteiger partial charge in [0.1, 0.15) is 11.5 Å². The number of methoxy groups -OCH3 is 2. The number of nitrogens with zero attached hydrogens (tertiary/aromatic N) is 1. The molecule has 134 valence electrons. The first-order valence-electron chi connectivity index (χ1n) is 7.50. The lowest BCUT2D eigenvalue weighted by molar-refractivity contribution is -0.138. The number of rotatable bonds is 7. The van der Waals surface area contributed by atoms with Crippen molar-refractivity contribution in [1.29, 1.82) is 0 Å². The van der Waals surface area contributed by atoms with Gasteiger partial charge in [0.2, 0.25) is 0 Å². The van der Waals surface area contributed by atoms with Crippen molar-refractivity contribution >= 4 is 17.7 Å². The smallest absolute Gasteiger partial charge is 0.305 e. The number of carbonyl (C=O) groups excluding carboxylic acids is 2. The summed E-state index contributed by atoms with van der Waals surface area (Å²) in [6, 6.07) is 3.90. The maximum atomic E-state index is 12.4. The summed E-state index contributed by atoms with van der Waals surface area (Å²) in [6.07, 6.45) is -0.326. The molecule has 0 fully saturated rings. The molecule has 0 bridgehead atoms. The minimum atomic E-state index is -1.10. The minimum Gasteiger partial charge on any atom is -0.503 e. The van der Waals surface area contributed by atoms with E-state index in [0.29, 0.717) is 17.1 Å². The van der Waals surface area contributed by atoms with Gasteiger partial charge in [-0.25, -0.2) is 0 Å². The van der Waals surface area contributed by atoms with E-state index in [1.807, 2.05) is 0 Å². The first-order chi connectivity index (χ1) is 11.8. The van der Waals surface area contributed by atoms with Crippen LogP contribution in [0.25, 0.3) is 0 Å². The summed E-state index contributed by atoms with van der Waals surface area (Å²) in [5, 5.41) is 19.0. The van der Waals surface area contributed by atoms with Gasteiger partial charge in [-0.15, -0.1) is 0 Å². The van der Waals surface area contributed by atoms with Crippen molar-refractivity contribution in [2.75, 3.05) is 20.8 Å². The molecule has 1 aromatic rings. The molecule has 0 radical (unpaired) electrons. The number of benzene rings is 1. The van der Waals surface area contributed by atoms with E-state index in [9.17, 15) is 19.5 Å². The molecule has 0 unspecified atom stereocenters. The molecule has 1 aliphatic rings. The average Bonchev–Trinajstić information content (AvgIpc) is 2.83. The predicted molar refractivity (Wildman–Crippen MR) is 86.6 cm³/mol. The van der Waals surface area contributed by atoms with E-state index in [4.69, 9.17) is 14.6 Å². The SMILES string of the molecule is COc1ccc(OC)c([C@@H]2C(C(C)=O)=C(O)C(=O)N2CCC(=O)O)c1. The Morgan fingerprint density at radius 3 is 2.44 bits per heavy atom. The molecule has 0 saturated carbocycles. The molecule has 1 aromatic carbocycles. The lowest BCUT2D eigenvalue weighted by atomic mass is 9.95. The van der Waals surface area contributed by atoms with Gasteiger partial charge < -0.3 is 24.6 Å². The first kappa shape index (κ1) is 18.3. The van der Waals surface area contributed by atoms with Gasteiger partial charge in [0.25, 0.3) is 5.91 Å². The largest absolute Gasteiger partial charge is 0.503 e. The van der Waals surface area contributed by atoms with Crippen molar-refractivity contribution in [3.05, 3.63) is 35.1 Å². The number of aliphatic hydroxyl groups is 1. The number of hydrogen-bond acceptors (Lipinski definition) is 6. The van der Waals surface area contributed by atoms with Gasteiger partial charge in [0.15, 0.2) is 11.5 Å². The summed E-state index contributed by atoms with van der Waals surface area (Å²) in [5.41, 5.74) is 0.330. The second-order valence-corrected chi connectivity index (χ2v) is 5.47. The van der Waals surface area contributed by atoms with Gasteiger partial charge in [-0.05, 0) is 25.1 Å². The molecule has 8 nitrogen and oxygen atoms in total. The molecule has 8 heteroatoms. The van der Waals surface area contributed by atoms with Crippen LogP contribution in [0.4, 0.5) is 0 Å². The molecule has 25 heavy (non-hydrogen) atoms. The minimum absolute atomic E-state index is 0.0954. The van der Waals surface area contributed by atoms with Gasteiger partial charge in [-0.3, -0.25) is 14.4 Å². The number of carboxylic acids is 1. The van der Waals surface area contributed by atoms with E-state index in [2.05, 4.69) is 0 Å². The lowest BCUT2D eigenvalue weighted by Gasteiger charge is -2.27. The normalized spacial score (nSPS) is 17.0. The van der Waals surface area contributed by atoms with E-state index in [1.165, 1.54) is 21.1 Å². The molecular weight excluding hydrogens is 330 g/mol. The highest BCUT2D eigenvalue weighted by molar-refractivity contribution is 6.08. The molecule has 1 amide bonds. The van der Waals surface area contributed by atoms with Crippen molar-refractivity contribution in [1.82, 2.24) is 4.90 Å². The third-order valence-corrected chi connectivity index (χ3v) is 3.98. The van der Waals surface area contributed by atoms with E-state index in [0.717, 1.165) is 4.90 Å². The second kappa shape index (κ2) is 7.25. The Morgan fingerprint density at radius 1 is 1.24 bits per heavy atom. The molecular formula is C17H19NO7. The molecule has 0 aromatic heterocycles. The fourth-order valence-corrected chi connectivity index (χ4v) is 2.84. The number of Topliss-reactive ketones (excluding diaryl/α,β-unsaturated/α-hetero) is 1. The van der Waals surface area contributed by atoms with Crippen LogP contribution in [0.5, 0.6) is 11.5 Å². The summed E-state index contributed by atoms with van der Waals surface area (Å²) in [6.45, 7) is 1.07. The number of carboxylic acid groups (broad SMARTS) is 1. The number of carbonyl (C=O) groups is 3. The molecule has 0 spiro atoms. The number of aliphatic carboxylic acids is 1. The van der Waals surface area contributed by atoms with E-state index < -0.39 is 29.5 Å². The number of aliphatic hydroxyl groups excluding tert-OH is 1. The zero-order chi connectivity index (χ0) is 18.7. The Kier molecular flexibility index (Phi) is 5.31. The van der Waals surface area contributed by atoms with Crippen molar-refractivity contribution in [3.63, 3.8) is 0 Å². The quantitative estimate of drug-likeness (QED) is 0.766. The van der Waals surface area contributed by atoms with Gasteiger partial charge >= 0.3 is 5.97 Å². The Labute approximate surface area is 144 Å². The molecule has 2 rings (SSSR count). The van der Waals surface area contributed by atoms with Gasteiger partial charge in [-0.1, -0.05) is 0 Å². The highest BCUT2D eigenvalue weighted by Gasteiger charge is 2.43. The third-order valence-electron chi connectivity index (χ3n) is 3.98. The maximum Gasteiger partial charge on any atom is 0.305 e. The summed E-state index contributed by atoms with van der Waals surface area (Å²) < 4.78 is 10.5. The molecule has 0 aliphatic carbocycles. The van der Waals surface area contributed by atoms with E-state index in [1.54, 1.807) is 18.2 Å². The van der Waals surface area contributed by atoms with Crippen LogP contribution in [-0.4, -0.2) is 53.5 Å². The number of ketones is 1. The fraction of sp³-hybridized carbons (Fsp3) is 0.353. The van der Waals surface area contributed by atoms with Crippen molar-refractivity contribution < 1.29 is 34.1 Å². The highest BCUT2D eigenvalue weighted by atomic mass is 16.5. The van der Waals surface area contributed by atoms with Gasteiger partial charge in [-0.2, -0.15) is 0 Å². The van der Waals surface area contributed by atoms with Crippen molar-refractivity contribution in [2.45, 2.75) is 19.4 Å². The lowest BCUT2D eigenvalue weighted by Crippen LogP contribution is -2.33. The Morgan fingerprint density at radius 2 is 1.92 bits per heavy atom. The van der Waals surface area contributed by atoms with Crippen LogP contribution >= 0.6 is 0 Å². The van der Waals surface area contributed by atoms with Crippen LogP contribution in [0, 0.1) is 0 Å². The fourth-order valence-electron chi connectivity index (χ4n) is 2.84. The van der Waals surface area contributed by atoms with Gasteiger partial charge in [0.05, 0.1) is 32.3 Å². The van der Waals surface area contributed by atoms with Gasteiger partial charge in [0, 0.05) is 12.1 Å². The van der Waals surface area contributed by atoms with Crippen molar-refractivity contribution in [3.8, 4) is 11.5 Å². The van der Waals surface area contributed by atoms with Crippen LogP contribution < -0.4 is 9.47 Å². The monoisotopic (exact) mass is 349 g/mol. The molecule has 1 atom stereocenters. The zero-order valence-electron chi connectivity index (χ0n) is 14.1. The summed E-state index contributed by atoms with van der Waals surface area (Å²) in [7, 11) is 2.90. The van der Waals surface area contributed by atoms with Crippen LogP contribution in [0.1, 0.15) is 24.9 Å². The standard InChI is InChI=1S/C17H19NO7/c1-9(19)14-15(11-8-10(24-2)4-5-12(11)25-3)18(7-6-13(20)21)17(23)16(14)22/h4-5,8,15,22H,6-7H2,1-3H3,(H,20,21)/t15-/m1/s1. The Bertz CT molecular complexity index is 753. The number of ether oxygens (including phenoxy) is 2. The maximum absolute atomic E-state index is 12.4. The van der Waals surface area contributed by atoms with E-state index >= 15 is 0 Å². The molecule has 0 saturated heterocycles. The van der Waals surface area contributed by atoms with Crippen LogP contribution in [0.3, 0.4) is 0 Å². The van der Waals surface area contributed by atoms with Crippen LogP contribution in [0.15, 0.2) is 29.5 Å². The zero-order valence-corrected chi connectivity index (χ0v) is 14.1. The summed E-state index contributed by atoms with van der Waals surface area (Å²) in [4.78, 5) is 36.5. The number of amides is 1. The molecule has 1 aliphatic heterocycles. The predicted octanol–water partition coefficient (Wildman–Crippen LogP) is 1.46. The first-order valence-corrected chi connectivity index (χ1v) is 7.50. The van der Waals surface area contributed by atoms with Crippen molar-refractivity contribution in [2.24, 2.45) is 0 Å². The number of hydrogen-bond donors (Lipinski definition) is 2. The second-order valence-electron chi connectivity index (χ2n) is 5.47. The third kappa shape index (κ3) is 3.42. The summed E-state index contributed by atoms with van der Waals surface area (Å²) in [5.74, 6) is -2.20. The Hall–Kier alpha value is -3.03. The topological polar surface area (TPSA) is 113 Å². The molecule has 1 heterocycles. The Balaban J connectivity index is 2.60.